The monoisotopic (exact) mass is 434 g/mol. The maximum absolute atomic E-state index is 11.6. The number of carbonyl (C=O) groups is 1. The van der Waals surface area contributed by atoms with Gasteiger partial charge in [-0.15, -0.1) is 10.2 Å². The molecular weight excluding hydrogens is 408 g/mol. The Morgan fingerprint density at radius 1 is 1.19 bits per heavy atom. The first-order valence-electron chi connectivity index (χ1n) is 10.8. The van der Waals surface area contributed by atoms with Crippen molar-refractivity contribution in [3.05, 3.63) is 36.0 Å². The van der Waals surface area contributed by atoms with Crippen molar-refractivity contribution < 1.29 is 9.21 Å². The Hall–Kier alpha value is -3.53. The number of rotatable bonds is 7. The van der Waals surface area contributed by atoms with Gasteiger partial charge in [-0.2, -0.15) is 0 Å². The van der Waals surface area contributed by atoms with E-state index in [0.717, 1.165) is 31.0 Å². The minimum atomic E-state index is 0.106. The first-order chi connectivity index (χ1) is 15.6. The predicted octanol–water partition coefficient (Wildman–Crippen LogP) is 1.46. The van der Waals surface area contributed by atoms with Crippen molar-refractivity contribution in [3.8, 4) is 23.0 Å². The summed E-state index contributed by atoms with van der Waals surface area (Å²) in [6.07, 6.45) is 2.18. The van der Waals surface area contributed by atoms with E-state index in [1.54, 1.807) is 6.20 Å². The second kappa shape index (κ2) is 8.19. The molecule has 1 aliphatic heterocycles. The van der Waals surface area contributed by atoms with Crippen molar-refractivity contribution in [1.29, 1.82) is 0 Å². The van der Waals surface area contributed by atoms with Crippen LogP contribution in [0.3, 0.4) is 0 Å². The number of nitrogens with two attached hydrogens (primary N) is 1. The molecule has 4 N–H and O–H groups in total. The summed E-state index contributed by atoms with van der Waals surface area (Å²) >= 11 is 0. The van der Waals surface area contributed by atoms with Gasteiger partial charge < -0.3 is 25.7 Å². The minimum Gasteiger partial charge on any atom is -0.414 e. The third kappa shape index (κ3) is 3.77. The van der Waals surface area contributed by atoms with Crippen LogP contribution in [0.25, 0.3) is 23.0 Å². The van der Waals surface area contributed by atoms with Crippen LogP contribution in [0, 0.1) is 11.8 Å². The molecule has 166 valence electrons. The molecule has 3 aromatic rings. The molecule has 3 heterocycles. The molecule has 3 atom stereocenters. The van der Waals surface area contributed by atoms with E-state index in [9.17, 15) is 4.79 Å². The number of carbonyl (C=O) groups excluding carboxylic acids is 1. The standard InChI is InChI=1S/C22H26N8O2/c1-3-17(31)27-18-14-10-30(11-15(14)18)16-9-25-20(23)19(26-16)22-29-28-21(32-22)13-6-4-12(5-7-13)8-24-2/h4-7,9,14-15,18,24H,3,8,10-11H2,1-2H3,(H2,23,25)(H,27,31)/t14-,15+,18?. The van der Waals surface area contributed by atoms with Crippen LogP contribution in [0.1, 0.15) is 18.9 Å². The van der Waals surface area contributed by atoms with Gasteiger partial charge in [0.1, 0.15) is 5.82 Å². The number of nitrogen functional groups attached to an aromatic ring is 1. The van der Waals surface area contributed by atoms with E-state index in [4.69, 9.17) is 10.2 Å². The predicted molar refractivity (Wildman–Crippen MR) is 119 cm³/mol. The number of benzene rings is 1. The maximum Gasteiger partial charge on any atom is 0.270 e. The van der Waals surface area contributed by atoms with Gasteiger partial charge in [0.15, 0.2) is 11.5 Å². The molecule has 2 aromatic heterocycles. The normalized spacial score (nSPS) is 21.4. The van der Waals surface area contributed by atoms with Crippen LogP contribution < -0.4 is 21.3 Å². The number of anilines is 2. The van der Waals surface area contributed by atoms with Crippen molar-refractivity contribution in [1.82, 2.24) is 30.8 Å². The van der Waals surface area contributed by atoms with Gasteiger partial charge in [0.05, 0.1) is 6.20 Å². The maximum atomic E-state index is 11.6. The molecule has 0 radical (unpaired) electrons. The molecule has 0 bridgehead atoms. The molecule has 1 aromatic carbocycles. The van der Waals surface area contributed by atoms with Crippen molar-refractivity contribution in [3.63, 3.8) is 0 Å². The molecule has 1 unspecified atom stereocenters. The lowest BCUT2D eigenvalue weighted by Crippen LogP contribution is -2.34. The largest absolute Gasteiger partial charge is 0.414 e. The van der Waals surface area contributed by atoms with Gasteiger partial charge >= 0.3 is 0 Å². The van der Waals surface area contributed by atoms with Gasteiger partial charge in [-0.05, 0) is 24.7 Å². The van der Waals surface area contributed by atoms with Crippen LogP contribution in [-0.4, -0.2) is 52.3 Å². The summed E-state index contributed by atoms with van der Waals surface area (Å²) in [5.41, 5.74) is 8.45. The van der Waals surface area contributed by atoms with Crippen molar-refractivity contribution in [2.45, 2.75) is 25.9 Å². The molecule has 2 fully saturated rings. The fourth-order valence-corrected chi connectivity index (χ4v) is 4.32. The van der Waals surface area contributed by atoms with E-state index in [-0.39, 0.29) is 23.7 Å². The molecule has 1 saturated heterocycles. The third-order valence-corrected chi connectivity index (χ3v) is 6.16. The van der Waals surface area contributed by atoms with E-state index in [1.807, 2.05) is 38.2 Å². The molecule has 1 aliphatic carbocycles. The lowest BCUT2D eigenvalue weighted by atomic mass is 10.1. The second-order valence-electron chi connectivity index (χ2n) is 8.28. The summed E-state index contributed by atoms with van der Waals surface area (Å²) in [6, 6.07) is 8.19. The number of hydrogen-bond acceptors (Lipinski definition) is 9. The topological polar surface area (TPSA) is 135 Å². The number of piperidine rings is 1. The zero-order valence-electron chi connectivity index (χ0n) is 18.1. The molecule has 10 heteroatoms. The van der Waals surface area contributed by atoms with Gasteiger partial charge in [-0.3, -0.25) is 4.79 Å². The van der Waals surface area contributed by atoms with Crippen molar-refractivity contribution >= 4 is 17.5 Å². The summed E-state index contributed by atoms with van der Waals surface area (Å²) in [5.74, 6) is 2.62. The third-order valence-electron chi connectivity index (χ3n) is 6.16. The average molecular weight is 435 g/mol. The van der Waals surface area contributed by atoms with E-state index >= 15 is 0 Å². The van der Waals surface area contributed by atoms with Gasteiger partial charge in [-0.25, -0.2) is 9.97 Å². The number of aromatic nitrogens is 4. The van der Waals surface area contributed by atoms with Crippen LogP contribution >= 0.6 is 0 Å². The summed E-state index contributed by atoms with van der Waals surface area (Å²) < 4.78 is 5.87. The highest BCUT2D eigenvalue weighted by molar-refractivity contribution is 5.76. The van der Waals surface area contributed by atoms with E-state index in [0.29, 0.717) is 29.8 Å². The zero-order valence-corrected chi connectivity index (χ0v) is 18.1. The highest BCUT2D eigenvalue weighted by Gasteiger charge is 2.56. The van der Waals surface area contributed by atoms with Gasteiger partial charge in [0.2, 0.25) is 11.8 Å². The Morgan fingerprint density at radius 3 is 2.59 bits per heavy atom. The van der Waals surface area contributed by atoms with Gasteiger partial charge in [-0.1, -0.05) is 19.1 Å². The zero-order chi connectivity index (χ0) is 22.2. The lowest BCUT2D eigenvalue weighted by molar-refractivity contribution is -0.121. The Labute approximate surface area is 185 Å². The van der Waals surface area contributed by atoms with E-state index < -0.39 is 0 Å². The Bertz CT molecular complexity index is 1120. The smallest absolute Gasteiger partial charge is 0.270 e. The Morgan fingerprint density at radius 2 is 1.91 bits per heavy atom. The van der Waals surface area contributed by atoms with E-state index in [1.165, 1.54) is 5.56 Å². The highest BCUT2D eigenvalue weighted by Crippen LogP contribution is 2.46. The summed E-state index contributed by atoms with van der Waals surface area (Å²) in [5, 5.41) is 14.5. The minimum absolute atomic E-state index is 0.106. The molecule has 2 aliphatic rings. The van der Waals surface area contributed by atoms with E-state index in [2.05, 4.69) is 35.7 Å². The summed E-state index contributed by atoms with van der Waals surface area (Å²) in [7, 11) is 1.91. The van der Waals surface area contributed by atoms with Crippen LogP contribution in [0.2, 0.25) is 0 Å². The van der Waals surface area contributed by atoms with Gasteiger partial charge in [0.25, 0.3) is 5.89 Å². The van der Waals surface area contributed by atoms with Crippen LogP contribution in [-0.2, 0) is 11.3 Å². The van der Waals surface area contributed by atoms with Crippen LogP contribution in [0.5, 0.6) is 0 Å². The van der Waals surface area contributed by atoms with Gasteiger partial charge in [0, 0.05) is 49.5 Å². The van der Waals surface area contributed by atoms with Crippen LogP contribution in [0.4, 0.5) is 11.6 Å². The molecule has 1 saturated carbocycles. The molecule has 1 amide bonds. The summed E-state index contributed by atoms with van der Waals surface area (Å²) in [6.45, 7) is 4.31. The number of fused-ring (bicyclic) bond motifs is 1. The number of nitrogens with zero attached hydrogens (tertiary/aromatic N) is 5. The molecule has 0 spiro atoms. The fraction of sp³-hybridized carbons (Fsp3) is 0.409. The molecule has 10 nitrogen and oxygen atoms in total. The molecule has 32 heavy (non-hydrogen) atoms. The Balaban J connectivity index is 1.31. The SMILES string of the molecule is CCC(=O)NC1[C@H]2CN(c3cnc(N)c(-c4nnc(-c5ccc(CNC)cc5)o4)n3)C[C@@H]12. The molecule has 5 rings (SSSR count). The first kappa shape index (κ1) is 20.4. The van der Waals surface area contributed by atoms with Crippen molar-refractivity contribution in [2.24, 2.45) is 11.8 Å². The number of amides is 1. The lowest BCUT2D eigenvalue weighted by Gasteiger charge is -2.21. The second-order valence-corrected chi connectivity index (χ2v) is 8.28. The molecular formula is C22H26N8O2. The quantitative estimate of drug-likeness (QED) is 0.505. The first-order valence-corrected chi connectivity index (χ1v) is 10.8. The Kier molecular flexibility index (Phi) is 5.22. The highest BCUT2D eigenvalue weighted by atomic mass is 16.4. The summed E-state index contributed by atoms with van der Waals surface area (Å²) in [4.78, 5) is 22.8. The number of hydrogen-bond donors (Lipinski definition) is 3. The van der Waals surface area contributed by atoms with Crippen molar-refractivity contribution in [2.75, 3.05) is 30.8 Å². The average Bonchev–Trinajstić information content (AvgIpc) is 3.20. The number of nitrogens with one attached hydrogen (secondary N) is 2. The fourth-order valence-electron chi connectivity index (χ4n) is 4.32. The van der Waals surface area contributed by atoms with Crippen LogP contribution in [0.15, 0.2) is 34.9 Å².